The van der Waals surface area contributed by atoms with Gasteiger partial charge >= 0.3 is 0 Å². The molecular formula is C16H20N4O2S. The monoisotopic (exact) mass is 332 g/mol. The van der Waals surface area contributed by atoms with Crippen molar-refractivity contribution in [3.8, 4) is 0 Å². The standard InChI is InChI=1S/C16H20N4O2S/c1-19(15(21)13-4-2-9-23-13)11-16(22)5-3-8-20(12-16)14-10-17-6-7-18-14/h2,4,6-7,9-10,22H,3,5,8,11-12H2,1H3. The molecule has 1 fully saturated rings. The third-order valence-corrected chi connectivity index (χ3v) is 4.90. The molecule has 3 rings (SSSR count). The Labute approximate surface area is 139 Å². The van der Waals surface area contributed by atoms with Gasteiger partial charge in [0.05, 0.1) is 23.2 Å². The minimum Gasteiger partial charge on any atom is -0.386 e. The van der Waals surface area contributed by atoms with Crippen LogP contribution in [-0.4, -0.2) is 58.2 Å². The fourth-order valence-corrected chi connectivity index (χ4v) is 3.71. The summed E-state index contributed by atoms with van der Waals surface area (Å²) in [6.45, 7) is 1.60. The van der Waals surface area contributed by atoms with Crippen LogP contribution in [-0.2, 0) is 0 Å². The van der Waals surface area contributed by atoms with Crippen LogP contribution in [0.25, 0.3) is 0 Å². The van der Waals surface area contributed by atoms with Gasteiger partial charge in [-0.1, -0.05) is 6.07 Å². The summed E-state index contributed by atoms with van der Waals surface area (Å²) in [4.78, 5) is 25.1. The Hall–Kier alpha value is -1.99. The van der Waals surface area contributed by atoms with Crippen LogP contribution >= 0.6 is 11.3 Å². The van der Waals surface area contributed by atoms with E-state index < -0.39 is 5.60 Å². The number of carbonyl (C=O) groups excluding carboxylic acids is 1. The van der Waals surface area contributed by atoms with Crippen molar-refractivity contribution in [2.45, 2.75) is 18.4 Å². The van der Waals surface area contributed by atoms with Crippen molar-refractivity contribution in [1.29, 1.82) is 0 Å². The van der Waals surface area contributed by atoms with Crippen LogP contribution in [0.15, 0.2) is 36.1 Å². The highest BCUT2D eigenvalue weighted by atomic mass is 32.1. The fourth-order valence-electron chi connectivity index (χ4n) is 2.99. The van der Waals surface area contributed by atoms with E-state index in [9.17, 15) is 9.90 Å². The Balaban J connectivity index is 1.67. The smallest absolute Gasteiger partial charge is 0.263 e. The summed E-state index contributed by atoms with van der Waals surface area (Å²) in [6.07, 6.45) is 6.51. The van der Waals surface area contributed by atoms with Gasteiger partial charge in [0.25, 0.3) is 5.91 Å². The molecule has 1 saturated heterocycles. The molecule has 0 spiro atoms. The van der Waals surface area contributed by atoms with Gasteiger partial charge in [-0.25, -0.2) is 4.98 Å². The first-order chi connectivity index (χ1) is 11.1. The molecule has 7 heteroatoms. The van der Waals surface area contributed by atoms with E-state index in [2.05, 4.69) is 9.97 Å². The predicted octanol–water partition coefficient (Wildman–Crippen LogP) is 1.64. The zero-order valence-electron chi connectivity index (χ0n) is 13.1. The van der Waals surface area contributed by atoms with Crippen molar-refractivity contribution in [1.82, 2.24) is 14.9 Å². The van der Waals surface area contributed by atoms with Crippen molar-refractivity contribution in [2.24, 2.45) is 0 Å². The summed E-state index contributed by atoms with van der Waals surface area (Å²) in [5.41, 5.74) is -0.933. The van der Waals surface area contributed by atoms with Crippen molar-refractivity contribution in [3.63, 3.8) is 0 Å². The summed E-state index contributed by atoms with van der Waals surface area (Å²) >= 11 is 1.42. The minimum atomic E-state index is -0.933. The number of piperidine rings is 1. The molecule has 0 aromatic carbocycles. The van der Waals surface area contributed by atoms with Crippen LogP contribution in [0.2, 0.25) is 0 Å². The van der Waals surface area contributed by atoms with Crippen LogP contribution in [0, 0.1) is 0 Å². The van der Waals surface area contributed by atoms with Gasteiger partial charge in [-0.3, -0.25) is 9.78 Å². The van der Waals surface area contributed by atoms with Crippen LogP contribution in [0.5, 0.6) is 0 Å². The van der Waals surface area contributed by atoms with Gasteiger partial charge < -0.3 is 14.9 Å². The lowest BCUT2D eigenvalue weighted by atomic mass is 9.92. The Morgan fingerprint density at radius 1 is 1.52 bits per heavy atom. The summed E-state index contributed by atoms with van der Waals surface area (Å²) in [5, 5.41) is 12.8. The molecule has 0 saturated carbocycles. The molecule has 3 heterocycles. The lowest BCUT2D eigenvalue weighted by Gasteiger charge is -2.41. The topological polar surface area (TPSA) is 69.6 Å². The number of nitrogens with zero attached hydrogens (tertiary/aromatic N) is 4. The number of β-amino-alcohol motifs (C(OH)–C–C–N with tert-alkyl or cyclic N) is 1. The van der Waals surface area contributed by atoms with E-state index in [1.807, 2.05) is 16.3 Å². The summed E-state index contributed by atoms with van der Waals surface area (Å²) in [6, 6.07) is 3.66. The van der Waals surface area contributed by atoms with Gasteiger partial charge in [-0.2, -0.15) is 0 Å². The molecule has 0 aliphatic carbocycles. The number of hydrogen-bond acceptors (Lipinski definition) is 6. The number of thiophene rings is 1. The molecule has 1 N–H and O–H groups in total. The Morgan fingerprint density at radius 2 is 2.39 bits per heavy atom. The quantitative estimate of drug-likeness (QED) is 0.922. The number of carbonyl (C=O) groups is 1. The van der Waals surface area contributed by atoms with Crippen molar-refractivity contribution in [3.05, 3.63) is 41.0 Å². The Bertz CT molecular complexity index is 649. The van der Waals surface area contributed by atoms with Crippen molar-refractivity contribution >= 4 is 23.1 Å². The minimum absolute atomic E-state index is 0.0509. The molecule has 23 heavy (non-hydrogen) atoms. The summed E-state index contributed by atoms with van der Waals surface area (Å²) in [5.74, 6) is 0.711. The molecule has 0 radical (unpaired) electrons. The van der Waals surface area contributed by atoms with E-state index in [0.29, 0.717) is 24.4 Å². The number of rotatable bonds is 4. The molecule has 2 aromatic rings. The molecular weight excluding hydrogens is 312 g/mol. The van der Waals surface area contributed by atoms with Crippen LogP contribution < -0.4 is 4.90 Å². The van der Waals surface area contributed by atoms with E-state index in [0.717, 1.165) is 18.8 Å². The molecule has 1 amide bonds. The maximum atomic E-state index is 12.4. The summed E-state index contributed by atoms with van der Waals surface area (Å²) < 4.78 is 0. The normalized spacial score (nSPS) is 21.2. The molecule has 6 nitrogen and oxygen atoms in total. The fraction of sp³-hybridized carbons (Fsp3) is 0.438. The van der Waals surface area contributed by atoms with Crippen molar-refractivity contribution in [2.75, 3.05) is 31.6 Å². The van der Waals surface area contributed by atoms with Gasteiger partial charge in [-0.15, -0.1) is 11.3 Å². The SMILES string of the molecule is CN(CC1(O)CCCN(c2cnccn2)C1)C(=O)c1cccs1. The van der Waals surface area contributed by atoms with E-state index >= 15 is 0 Å². The highest BCUT2D eigenvalue weighted by Gasteiger charge is 2.36. The second kappa shape index (κ2) is 6.64. The molecule has 122 valence electrons. The first-order valence-corrected chi connectivity index (χ1v) is 8.48. The Morgan fingerprint density at radius 3 is 3.09 bits per heavy atom. The van der Waals surface area contributed by atoms with Gasteiger partial charge in [-0.05, 0) is 24.3 Å². The highest BCUT2D eigenvalue weighted by molar-refractivity contribution is 7.12. The summed E-state index contributed by atoms with van der Waals surface area (Å²) in [7, 11) is 1.74. The second-order valence-electron chi connectivity index (χ2n) is 5.95. The molecule has 2 aromatic heterocycles. The van der Waals surface area contributed by atoms with Crippen LogP contribution in [0.1, 0.15) is 22.5 Å². The van der Waals surface area contributed by atoms with Crippen LogP contribution in [0.4, 0.5) is 5.82 Å². The lowest BCUT2D eigenvalue weighted by Crippen LogP contribution is -2.54. The first-order valence-electron chi connectivity index (χ1n) is 7.60. The van der Waals surface area contributed by atoms with Gasteiger partial charge in [0.15, 0.2) is 0 Å². The maximum absolute atomic E-state index is 12.4. The molecule has 1 aliphatic rings. The molecule has 0 bridgehead atoms. The van der Waals surface area contributed by atoms with Crippen LogP contribution in [0.3, 0.4) is 0 Å². The molecule has 1 atom stereocenters. The maximum Gasteiger partial charge on any atom is 0.263 e. The van der Waals surface area contributed by atoms with Gasteiger partial charge in [0, 0.05) is 32.5 Å². The third-order valence-electron chi connectivity index (χ3n) is 4.04. The van der Waals surface area contributed by atoms with E-state index in [4.69, 9.17) is 0 Å². The zero-order valence-corrected chi connectivity index (χ0v) is 13.9. The highest BCUT2D eigenvalue weighted by Crippen LogP contribution is 2.25. The number of aliphatic hydroxyl groups is 1. The number of likely N-dealkylation sites (N-methyl/N-ethyl adjacent to an activating group) is 1. The van der Waals surface area contributed by atoms with Crippen molar-refractivity contribution < 1.29 is 9.90 Å². The second-order valence-corrected chi connectivity index (χ2v) is 6.90. The van der Waals surface area contributed by atoms with E-state index in [1.54, 1.807) is 36.6 Å². The number of hydrogen-bond donors (Lipinski definition) is 1. The number of aromatic nitrogens is 2. The van der Waals surface area contributed by atoms with E-state index in [-0.39, 0.29) is 5.91 Å². The molecule has 1 aliphatic heterocycles. The first kappa shape index (κ1) is 15.9. The number of anilines is 1. The Kier molecular flexibility index (Phi) is 4.58. The predicted molar refractivity (Wildman–Crippen MR) is 89.7 cm³/mol. The number of amides is 1. The third kappa shape index (κ3) is 3.68. The lowest BCUT2D eigenvalue weighted by molar-refractivity contribution is -0.0000214. The zero-order chi connectivity index (χ0) is 16.3. The molecule has 1 unspecified atom stereocenters. The largest absolute Gasteiger partial charge is 0.386 e. The average Bonchev–Trinajstić information content (AvgIpc) is 3.09. The van der Waals surface area contributed by atoms with Gasteiger partial charge in [0.1, 0.15) is 5.82 Å². The van der Waals surface area contributed by atoms with E-state index in [1.165, 1.54) is 11.3 Å². The average molecular weight is 332 g/mol. The van der Waals surface area contributed by atoms with Gasteiger partial charge in [0.2, 0.25) is 0 Å².